The van der Waals surface area contributed by atoms with E-state index in [0.29, 0.717) is 11.0 Å². The normalized spacial score (nSPS) is 20.5. The first-order valence-electron chi connectivity index (χ1n) is 7.55. The molecule has 0 radical (unpaired) electrons. The first kappa shape index (κ1) is 17.5. The van der Waals surface area contributed by atoms with E-state index in [4.69, 9.17) is 11.6 Å². The second-order valence-corrected chi connectivity index (χ2v) is 6.58. The fraction of sp³-hybridized carbons (Fsp3) is 0.562. The summed E-state index contributed by atoms with van der Waals surface area (Å²) in [5.74, 6) is -0.622. The Labute approximate surface area is 141 Å². The van der Waals surface area contributed by atoms with E-state index in [1.807, 2.05) is 4.90 Å². The molecule has 1 aromatic rings. The Morgan fingerprint density at radius 3 is 2.41 bits per heavy atom. The van der Waals surface area contributed by atoms with Crippen LogP contribution in [0.1, 0.15) is 36.0 Å². The predicted octanol–water partition coefficient (Wildman–Crippen LogP) is 3.51. The SMILES string of the molecule is Cl.O=C(c1ccc(Cl)c(F)c1)N1CCC2(CCNCC2)CC1. The van der Waals surface area contributed by atoms with Crippen molar-refractivity contribution in [2.75, 3.05) is 26.2 Å². The number of benzene rings is 1. The third-order valence-electron chi connectivity index (χ3n) is 4.94. The van der Waals surface area contributed by atoms with Crippen LogP contribution in [-0.4, -0.2) is 37.0 Å². The van der Waals surface area contributed by atoms with Gasteiger partial charge in [-0.15, -0.1) is 12.4 Å². The summed E-state index contributed by atoms with van der Waals surface area (Å²) in [6.07, 6.45) is 4.50. The minimum Gasteiger partial charge on any atom is -0.339 e. The summed E-state index contributed by atoms with van der Waals surface area (Å²) in [6.45, 7) is 3.69. The molecule has 0 unspecified atom stereocenters. The molecule has 1 aromatic carbocycles. The number of amides is 1. The Kier molecular flexibility index (Phi) is 5.70. The fourth-order valence-electron chi connectivity index (χ4n) is 3.45. The van der Waals surface area contributed by atoms with Gasteiger partial charge in [0.25, 0.3) is 5.91 Å². The summed E-state index contributed by atoms with van der Waals surface area (Å²) in [5.41, 5.74) is 0.797. The van der Waals surface area contributed by atoms with Crippen LogP contribution < -0.4 is 5.32 Å². The Morgan fingerprint density at radius 1 is 1.18 bits per heavy atom. The zero-order valence-electron chi connectivity index (χ0n) is 12.4. The van der Waals surface area contributed by atoms with Gasteiger partial charge in [0.2, 0.25) is 0 Å². The van der Waals surface area contributed by atoms with Crippen LogP contribution >= 0.6 is 24.0 Å². The molecule has 0 bridgehead atoms. The topological polar surface area (TPSA) is 32.3 Å². The molecule has 22 heavy (non-hydrogen) atoms. The van der Waals surface area contributed by atoms with Crippen LogP contribution in [0.15, 0.2) is 18.2 Å². The van der Waals surface area contributed by atoms with Crippen molar-refractivity contribution in [3.05, 3.63) is 34.6 Å². The Morgan fingerprint density at radius 2 is 1.82 bits per heavy atom. The number of hydrogen-bond donors (Lipinski definition) is 1. The largest absolute Gasteiger partial charge is 0.339 e. The number of carbonyl (C=O) groups excluding carboxylic acids is 1. The predicted molar refractivity (Wildman–Crippen MR) is 88.3 cm³/mol. The zero-order chi connectivity index (χ0) is 14.9. The molecule has 3 rings (SSSR count). The lowest BCUT2D eigenvalue weighted by Crippen LogP contribution is -2.47. The van der Waals surface area contributed by atoms with Crippen LogP contribution in [0.5, 0.6) is 0 Å². The van der Waals surface area contributed by atoms with E-state index >= 15 is 0 Å². The Balaban J connectivity index is 0.00000176. The van der Waals surface area contributed by atoms with Crippen LogP contribution in [0.2, 0.25) is 5.02 Å². The number of halogens is 3. The fourth-order valence-corrected chi connectivity index (χ4v) is 3.57. The first-order valence-corrected chi connectivity index (χ1v) is 7.93. The van der Waals surface area contributed by atoms with Crippen molar-refractivity contribution >= 4 is 29.9 Å². The van der Waals surface area contributed by atoms with Gasteiger partial charge in [-0.25, -0.2) is 4.39 Å². The van der Waals surface area contributed by atoms with E-state index < -0.39 is 5.82 Å². The van der Waals surface area contributed by atoms with Gasteiger partial charge in [-0.05, 0) is 62.4 Å². The van der Waals surface area contributed by atoms with Gasteiger partial charge in [0.15, 0.2) is 0 Å². The lowest BCUT2D eigenvalue weighted by Gasteiger charge is -2.44. The Bertz CT molecular complexity index is 537. The van der Waals surface area contributed by atoms with E-state index in [0.717, 1.165) is 39.0 Å². The van der Waals surface area contributed by atoms with Gasteiger partial charge in [-0.3, -0.25) is 4.79 Å². The molecule has 2 aliphatic rings. The monoisotopic (exact) mass is 346 g/mol. The summed E-state index contributed by atoms with van der Waals surface area (Å²) in [7, 11) is 0. The molecule has 1 spiro atoms. The first-order chi connectivity index (χ1) is 10.1. The minimum atomic E-state index is -0.533. The summed E-state index contributed by atoms with van der Waals surface area (Å²) in [5, 5.41) is 3.45. The van der Waals surface area contributed by atoms with Gasteiger partial charge >= 0.3 is 0 Å². The summed E-state index contributed by atoms with van der Waals surface area (Å²) >= 11 is 5.66. The number of likely N-dealkylation sites (tertiary alicyclic amines) is 1. The molecule has 0 saturated carbocycles. The molecule has 6 heteroatoms. The van der Waals surface area contributed by atoms with Gasteiger partial charge in [0.1, 0.15) is 5.82 Å². The van der Waals surface area contributed by atoms with Crippen molar-refractivity contribution in [1.82, 2.24) is 10.2 Å². The van der Waals surface area contributed by atoms with Gasteiger partial charge in [0, 0.05) is 18.7 Å². The van der Waals surface area contributed by atoms with Crippen LogP contribution in [0.4, 0.5) is 4.39 Å². The van der Waals surface area contributed by atoms with E-state index in [1.165, 1.54) is 25.0 Å². The van der Waals surface area contributed by atoms with E-state index in [2.05, 4.69) is 5.32 Å². The van der Waals surface area contributed by atoms with Gasteiger partial charge in [-0.1, -0.05) is 11.6 Å². The van der Waals surface area contributed by atoms with E-state index in [9.17, 15) is 9.18 Å². The third-order valence-corrected chi connectivity index (χ3v) is 5.25. The molecule has 0 aromatic heterocycles. The summed E-state index contributed by atoms with van der Waals surface area (Å²) < 4.78 is 13.5. The molecule has 0 aliphatic carbocycles. The Hall–Kier alpha value is -0.840. The average Bonchev–Trinajstić information content (AvgIpc) is 2.51. The highest BCUT2D eigenvalue weighted by Gasteiger charge is 2.36. The third kappa shape index (κ3) is 3.55. The van der Waals surface area contributed by atoms with Crippen molar-refractivity contribution in [2.24, 2.45) is 5.41 Å². The van der Waals surface area contributed by atoms with Gasteiger partial charge in [0.05, 0.1) is 5.02 Å². The zero-order valence-corrected chi connectivity index (χ0v) is 14.0. The lowest BCUT2D eigenvalue weighted by molar-refractivity contribution is 0.0495. The van der Waals surface area contributed by atoms with Crippen LogP contribution in [0.25, 0.3) is 0 Å². The molecule has 0 atom stereocenters. The van der Waals surface area contributed by atoms with Crippen LogP contribution in [0, 0.1) is 11.2 Å². The molecular weight excluding hydrogens is 326 g/mol. The second kappa shape index (κ2) is 7.16. The van der Waals surface area contributed by atoms with Crippen molar-refractivity contribution in [1.29, 1.82) is 0 Å². The number of carbonyl (C=O) groups is 1. The molecule has 3 nitrogen and oxygen atoms in total. The summed E-state index contributed by atoms with van der Waals surface area (Å²) in [6, 6.07) is 4.28. The highest BCUT2D eigenvalue weighted by atomic mass is 35.5. The molecular formula is C16H21Cl2FN2O. The quantitative estimate of drug-likeness (QED) is 0.843. The lowest BCUT2D eigenvalue weighted by atomic mass is 9.71. The number of rotatable bonds is 1. The summed E-state index contributed by atoms with van der Waals surface area (Å²) in [4.78, 5) is 14.3. The maximum atomic E-state index is 13.5. The van der Waals surface area contributed by atoms with Gasteiger partial charge in [-0.2, -0.15) is 0 Å². The molecule has 1 amide bonds. The van der Waals surface area contributed by atoms with Crippen molar-refractivity contribution in [3.63, 3.8) is 0 Å². The molecule has 2 aliphatic heterocycles. The number of nitrogens with zero attached hydrogens (tertiary/aromatic N) is 1. The second-order valence-electron chi connectivity index (χ2n) is 6.17. The average molecular weight is 347 g/mol. The molecule has 2 fully saturated rings. The smallest absolute Gasteiger partial charge is 0.253 e. The van der Waals surface area contributed by atoms with Crippen molar-refractivity contribution in [2.45, 2.75) is 25.7 Å². The van der Waals surface area contributed by atoms with E-state index in [1.54, 1.807) is 6.07 Å². The number of hydrogen-bond acceptors (Lipinski definition) is 2. The van der Waals surface area contributed by atoms with E-state index in [-0.39, 0.29) is 23.3 Å². The number of nitrogens with one attached hydrogen (secondary N) is 1. The molecule has 1 N–H and O–H groups in total. The maximum Gasteiger partial charge on any atom is 0.253 e. The van der Waals surface area contributed by atoms with Crippen LogP contribution in [-0.2, 0) is 0 Å². The van der Waals surface area contributed by atoms with Crippen molar-refractivity contribution in [3.8, 4) is 0 Å². The van der Waals surface area contributed by atoms with Crippen LogP contribution in [0.3, 0.4) is 0 Å². The molecule has 2 heterocycles. The molecule has 2 saturated heterocycles. The highest BCUT2D eigenvalue weighted by Crippen LogP contribution is 2.39. The standard InChI is InChI=1S/C16H20ClFN2O.ClH/c17-13-2-1-12(11-14(13)18)15(21)20-9-5-16(6-10-20)3-7-19-8-4-16;/h1-2,11,19H,3-10H2;1H. The van der Waals surface area contributed by atoms with Crippen molar-refractivity contribution < 1.29 is 9.18 Å². The minimum absolute atomic E-state index is 0. The number of piperidine rings is 2. The van der Waals surface area contributed by atoms with Gasteiger partial charge < -0.3 is 10.2 Å². The highest BCUT2D eigenvalue weighted by molar-refractivity contribution is 6.30. The maximum absolute atomic E-state index is 13.5. The molecule has 122 valence electrons.